The van der Waals surface area contributed by atoms with Crippen LogP contribution < -0.4 is 15.4 Å². The molecule has 0 saturated carbocycles. The van der Waals surface area contributed by atoms with Gasteiger partial charge in [-0.1, -0.05) is 23.7 Å². The number of carbonyl (C=O) groups is 2. The second-order valence-corrected chi connectivity index (χ2v) is 6.02. The lowest BCUT2D eigenvalue weighted by molar-refractivity contribution is -0.120. The predicted octanol–water partition coefficient (Wildman–Crippen LogP) is 3.43. The Morgan fingerprint density at radius 1 is 1.23 bits per heavy atom. The zero-order valence-electron chi connectivity index (χ0n) is 14.4. The predicted molar refractivity (Wildman–Crippen MR) is 99.0 cm³/mol. The van der Waals surface area contributed by atoms with Crippen molar-refractivity contribution in [2.75, 3.05) is 12.4 Å². The van der Waals surface area contributed by atoms with Gasteiger partial charge in [0.25, 0.3) is 0 Å². The molecular formula is C19H18ClN3O3. The SMILES string of the molecule is COc1ccc(C#N)cc1NC(=O)CC(NC(C)=O)c1ccc(Cl)cc1. The van der Waals surface area contributed by atoms with Crippen molar-refractivity contribution in [3.05, 3.63) is 58.6 Å². The second-order valence-electron chi connectivity index (χ2n) is 5.58. The number of carbonyl (C=O) groups excluding carboxylic acids is 2. The Labute approximate surface area is 156 Å². The van der Waals surface area contributed by atoms with Gasteiger partial charge in [-0.25, -0.2) is 0 Å². The summed E-state index contributed by atoms with van der Waals surface area (Å²) in [5.41, 5.74) is 1.56. The van der Waals surface area contributed by atoms with Gasteiger partial charge in [-0.3, -0.25) is 9.59 Å². The lowest BCUT2D eigenvalue weighted by atomic mass is 10.0. The molecule has 134 valence electrons. The van der Waals surface area contributed by atoms with Crippen LogP contribution in [0.25, 0.3) is 0 Å². The van der Waals surface area contributed by atoms with E-state index in [-0.39, 0.29) is 18.2 Å². The Hall–Kier alpha value is -3.04. The molecule has 1 unspecified atom stereocenters. The van der Waals surface area contributed by atoms with Crippen LogP contribution in [0, 0.1) is 11.3 Å². The molecule has 0 radical (unpaired) electrons. The second kappa shape index (κ2) is 8.88. The number of rotatable bonds is 6. The number of hydrogen-bond acceptors (Lipinski definition) is 4. The van der Waals surface area contributed by atoms with E-state index in [1.54, 1.807) is 36.4 Å². The van der Waals surface area contributed by atoms with E-state index in [2.05, 4.69) is 10.6 Å². The van der Waals surface area contributed by atoms with E-state index in [0.717, 1.165) is 5.56 Å². The summed E-state index contributed by atoms with van der Waals surface area (Å²) in [6, 6.07) is 13.2. The Morgan fingerprint density at radius 2 is 1.92 bits per heavy atom. The van der Waals surface area contributed by atoms with Crippen LogP contribution in [0.15, 0.2) is 42.5 Å². The fourth-order valence-electron chi connectivity index (χ4n) is 2.45. The lowest BCUT2D eigenvalue weighted by Gasteiger charge is -2.19. The van der Waals surface area contributed by atoms with E-state index >= 15 is 0 Å². The van der Waals surface area contributed by atoms with Gasteiger partial charge >= 0.3 is 0 Å². The molecule has 0 aliphatic rings. The van der Waals surface area contributed by atoms with Crippen molar-refractivity contribution in [1.82, 2.24) is 5.32 Å². The smallest absolute Gasteiger partial charge is 0.226 e. The van der Waals surface area contributed by atoms with Gasteiger partial charge in [0, 0.05) is 11.9 Å². The zero-order valence-corrected chi connectivity index (χ0v) is 15.1. The summed E-state index contributed by atoms with van der Waals surface area (Å²) >= 11 is 5.89. The molecule has 2 amide bonds. The van der Waals surface area contributed by atoms with Gasteiger partial charge in [0.1, 0.15) is 5.75 Å². The summed E-state index contributed by atoms with van der Waals surface area (Å²) < 4.78 is 5.20. The number of methoxy groups -OCH3 is 1. The van der Waals surface area contributed by atoms with E-state index in [1.165, 1.54) is 20.1 Å². The minimum Gasteiger partial charge on any atom is -0.495 e. The normalized spacial score (nSPS) is 11.2. The van der Waals surface area contributed by atoms with E-state index < -0.39 is 6.04 Å². The van der Waals surface area contributed by atoms with Gasteiger partial charge in [-0.05, 0) is 35.9 Å². The van der Waals surface area contributed by atoms with E-state index in [9.17, 15) is 9.59 Å². The number of nitriles is 1. The van der Waals surface area contributed by atoms with Crippen LogP contribution in [0.3, 0.4) is 0 Å². The van der Waals surface area contributed by atoms with Crippen LogP contribution in [0.1, 0.15) is 30.5 Å². The Balaban J connectivity index is 2.18. The van der Waals surface area contributed by atoms with Crippen LogP contribution in [0.2, 0.25) is 5.02 Å². The standard InChI is InChI=1S/C19H18ClN3O3/c1-12(24)22-16(14-4-6-15(20)7-5-14)10-19(25)23-17-9-13(11-21)3-8-18(17)26-2/h3-9,16H,10H2,1-2H3,(H,22,24)(H,23,25). The highest BCUT2D eigenvalue weighted by Crippen LogP contribution is 2.26. The van der Waals surface area contributed by atoms with Crippen LogP contribution in [-0.2, 0) is 9.59 Å². The molecule has 2 aromatic carbocycles. The molecule has 7 heteroatoms. The van der Waals surface area contributed by atoms with Gasteiger partial charge in [-0.2, -0.15) is 5.26 Å². The van der Waals surface area contributed by atoms with E-state index in [0.29, 0.717) is 22.0 Å². The average Bonchev–Trinajstić information content (AvgIpc) is 2.61. The molecule has 0 saturated heterocycles. The first-order valence-electron chi connectivity index (χ1n) is 7.83. The van der Waals surface area contributed by atoms with Gasteiger partial charge < -0.3 is 15.4 Å². The van der Waals surface area contributed by atoms with Crippen LogP contribution in [0.4, 0.5) is 5.69 Å². The molecule has 0 aliphatic carbocycles. The maximum absolute atomic E-state index is 12.5. The van der Waals surface area contributed by atoms with E-state index in [4.69, 9.17) is 21.6 Å². The number of amides is 2. The maximum Gasteiger partial charge on any atom is 0.226 e. The number of anilines is 1. The molecule has 2 N–H and O–H groups in total. The average molecular weight is 372 g/mol. The molecule has 2 rings (SSSR count). The van der Waals surface area contributed by atoms with Gasteiger partial charge in [0.15, 0.2) is 0 Å². The molecule has 0 bridgehead atoms. The minimum absolute atomic E-state index is 0.0150. The van der Waals surface area contributed by atoms with Crippen LogP contribution in [-0.4, -0.2) is 18.9 Å². The summed E-state index contributed by atoms with van der Waals surface area (Å²) in [6.07, 6.45) is 0.0150. The number of nitrogens with one attached hydrogen (secondary N) is 2. The first-order chi connectivity index (χ1) is 12.4. The highest BCUT2D eigenvalue weighted by molar-refractivity contribution is 6.30. The maximum atomic E-state index is 12.5. The van der Waals surface area contributed by atoms with Crippen molar-refractivity contribution in [1.29, 1.82) is 5.26 Å². The van der Waals surface area contributed by atoms with Crippen molar-refractivity contribution in [2.45, 2.75) is 19.4 Å². The van der Waals surface area contributed by atoms with Crippen molar-refractivity contribution >= 4 is 29.1 Å². The summed E-state index contributed by atoms with van der Waals surface area (Å²) in [7, 11) is 1.48. The zero-order chi connectivity index (χ0) is 19.1. The van der Waals surface area contributed by atoms with Gasteiger partial charge in [0.2, 0.25) is 11.8 Å². The van der Waals surface area contributed by atoms with Crippen molar-refractivity contribution in [3.8, 4) is 11.8 Å². The molecule has 26 heavy (non-hydrogen) atoms. The number of halogens is 1. The van der Waals surface area contributed by atoms with E-state index in [1.807, 2.05) is 6.07 Å². The van der Waals surface area contributed by atoms with Crippen molar-refractivity contribution < 1.29 is 14.3 Å². The fourth-order valence-corrected chi connectivity index (χ4v) is 2.58. The third-order valence-electron chi connectivity index (χ3n) is 3.64. The molecule has 0 aliphatic heterocycles. The molecule has 1 atom stereocenters. The molecule has 0 fully saturated rings. The summed E-state index contributed by atoms with van der Waals surface area (Å²) in [6.45, 7) is 1.39. The van der Waals surface area contributed by atoms with Crippen LogP contribution in [0.5, 0.6) is 5.75 Å². The topological polar surface area (TPSA) is 91.2 Å². The van der Waals surface area contributed by atoms with Crippen LogP contribution >= 0.6 is 11.6 Å². The quantitative estimate of drug-likeness (QED) is 0.813. The highest BCUT2D eigenvalue weighted by Gasteiger charge is 2.18. The molecule has 0 spiro atoms. The Kier molecular flexibility index (Phi) is 6.59. The molecular weight excluding hydrogens is 354 g/mol. The van der Waals surface area contributed by atoms with Gasteiger partial charge in [-0.15, -0.1) is 0 Å². The Bertz CT molecular complexity index is 844. The fraction of sp³-hybridized carbons (Fsp3) is 0.211. The monoisotopic (exact) mass is 371 g/mol. The van der Waals surface area contributed by atoms with Crippen molar-refractivity contribution in [3.63, 3.8) is 0 Å². The third-order valence-corrected chi connectivity index (χ3v) is 3.89. The minimum atomic E-state index is -0.505. The molecule has 0 heterocycles. The Morgan fingerprint density at radius 3 is 2.50 bits per heavy atom. The number of nitrogens with zero attached hydrogens (tertiary/aromatic N) is 1. The van der Waals surface area contributed by atoms with Gasteiger partial charge in [0.05, 0.1) is 36.9 Å². The molecule has 0 aromatic heterocycles. The summed E-state index contributed by atoms with van der Waals surface area (Å²) in [5, 5.41) is 15.1. The third kappa shape index (κ3) is 5.23. The van der Waals surface area contributed by atoms with Crippen molar-refractivity contribution in [2.24, 2.45) is 0 Å². The molecule has 6 nitrogen and oxygen atoms in total. The summed E-state index contributed by atoms with van der Waals surface area (Å²) in [4.78, 5) is 24.0. The summed E-state index contributed by atoms with van der Waals surface area (Å²) in [5.74, 6) is -0.131. The number of ether oxygens (including phenoxy) is 1. The number of benzene rings is 2. The number of hydrogen-bond donors (Lipinski definition) is 2. The highest BCUT2D eigenvalue weighted by atomic mass is 35.5. The lowest BCUT2D eigenvalue weighted by Crippen LogP contribution is -2.29. The molecule has 2 aromatic rings. The largest absolute Gasteiger partial charge is 0.495 e. The first-order valence-corrected chi connectivity index (χ1v) is 8.21. The first kappa shape index (κ1) is 19.3.